The van der Waals surface area contributed by atoms with E-state index in [-0.39, 0.29) is 17.1 Å². The number of ether oxygens (including phenoxy) is 1. The quantitative estimate of drug-likeness (QED) is 0.466. The molecule has 0 aliphatic rings. The number of amides is 2. The molecule has 2 aromatic rings. The third-order valence-corrected chi connectivity index (χ3v) is 4.14. The standard InChI is InChI=1S/C17H17ClF4N4O3/c1-29-14(6-23-9-27)16(28)25-15(10-2-3-13(19)12(18)4-10)11-5-24-26(7-11)8-17(20,21)22/h2-5,7,9,14-15H,6,8H2,1H3,(H,23,27)(H,25,28). The Morgan fingerprint density at radius 3 is 2.69 bits per heavy atom. The number of halogens is 5. The van der Waals surface area contributed by atoms with Crippen molar-refractivity contribution in [2.24, 2.45) is 0 Å². The maximum Gasteiger partial charge on any atom is 0.408 e. The molecule has 1 heterocycles. The molecular formula is C17H17ClF4N4O3. The number of nitrogens with zero attached hydrogens (tertiary/aromatic N) is 2. The Labute approximate surface area is 168 Å². The Balaban J connectivity index is 2.34. The Kier molecular flexibility index (Phi) is 7.57. The minimum atomic E-state index is -4.48. The van der Waals surface area contributed by atoms with Crippen LogP contribution in [0.15, 0.2) is 30.6 Å². The van der Waals surface area contributed by atoms with Crippen LogP contribution in [0.2, 0.25) is 5.02 Å². The SMILES string of the molecule is COC(CNC=O)C(=O)NC(c1ccc(F)c(Cl)c1)c1cnn(CC(F)(F)F)c1. The number of rotatable bonds is 9. The van der Waals surface area contributed by atoms with Gasteiger partial charge in [-0.2, -0.15) is 18.3 Å². The molecule has 1 aromatic carbocycles. The van der Waals surface area contributed by atoms with Gasteiger partial charge in [-0.15, -0.1) is 0 Å². The summed E-state index contributed by atoms with van der Waals surface area (Å²) in [6, 6.07) is 2.66. The van der Waals surface area contributed by atoms with E-state index in [1.54, 1.807) is 0 Å². The average molecular weight is 437 g/mol. The van der Waals surface area contributed by atoms with E-state index in [0.717, 1.165) is 18.5 Å². The first-order valence-electron chi connectivity index (χ1n) is 8.19. The van der Waals surface area contributed by atoms with Gasteiger partial charge >= 0.3 is 6.18 Å². The molecule has 0 aliphatic heterocycles. The summed E-state index contributed by atoms with van der Waals surface area (Å²) >= 11 is 5.80. The van der Waals surface area contributed by atoms with E-state index in [9.17, 15) is 27.2 Å². The smallest absolute Gasteiger partial charge is 0.370 e. The second kappa shape index (κ2) is 9.70. The average Bonchev–Trinajstić information content (AvgIpc) is 3.09. The van der Waals surface area contributed by atoms with Crippen molar-refractivity contribution in [3.63, 3.8) is 0 Å². The first kappa shape index (κ1) is 22.6. The monoisotopic (exact) mass is 436 g/mol. The van der Waals surface area contributed by atoms with E-state index in [4.69, 9.17) is 16.3 Å². The third-order valence-electron chi connectivity index (χ3n) is 3.85. The van der Waals surface area contributed by atoms with Crippen molar-refractivity contribution in [2.45, 2.75) is 24.9 Å². The van der Waals surface area contributed by atoms with Crippen LogP contribution >= 0.6 is 11.6 Å². The molecule has 29 heavy (non-hydrogen) atoms. The molecule has 0 saturated heterocycles. The summed E-state index contributed by atoms with van der Waals surface area (Å²) in [6.07, 6.45) is -2.90. The summed E-state index contributed by atoms with van der Waals surface area (Å²) in [7, 11) is 1.25. The van der Waals surface area contributed by atoms with Crippen LogP contribution in [0.5, 0.6) is 0 Å². The number of aromatic nitrogens is 2. The van der Waals surface area contributed by atoms with Crippen LogP contribution in [0, 0.1) is 5.82 Å². The lowest BCUT2D eigenvalue weighted by Gasteiger charge is -2.22. The van der Waals surface area contributed by atoms with Gasteiger partial charge in [-0.3, -0.25) is 14.3 Å². The molecule has 2 unspecified atom stereocenters. The molecule has 1 aromatic heterocycles. The minimum absolute atomic E-state index is 0.129. The molecular weight excluding hydrogens is 420 g/mol. The summed E-state index contributed by atoms with van der Waals surface area (Å²) in [5, 5.41) is 8.33. The maximum absolute atomic E-state index is 13.5. The molecule has 7 nitrogen and oxygen atoms in total. The minimum Gasteiger partial charge on any atom is -0.370 e. The second-order valence-corrected chi connectivity index (χ2v) is 6.36. The highest BCUT2D eigenvalue weighted by molar-refractivity contribution is 6.30. The number of carbonyl (C=O) groups is 2. The summed E-state index contributed by atoms with van der Waals surface area (Å²) in [5.74, 6) is -1.35. The van der Waals surface area contributed by atoms with Crippen LogP contribution in [0.3, 0.4) is 0 Å². The van der Waals surface area contributed by atoms with Gasteiger partial charge < -0.3 is 15.4 Å². The third kappa shape index (κ3) is 6.43. The summed E-state index contributed by atoms with van der Waals surface area (Å²) in [5.41, 5.74) is 0.526. The van der Waals surface area contributed by atoms with Crippen LogP contribution in [0.1, 0.15) is 17.2 Å². The van der Waals surface area contributed by atoms with Crippen molar-refractivity contribution in [3.8, 4) is 0 Å². The number of alkyl halides is 3. The van der Waals surface area contributed by atoms with Crippen LogP contribution < -0.4 is 10.6 Å². The molecule has 12 heteroatoms. The van der Waals surface area contributed by atoms with E-state index in [1.165, 1.54) is 19.2 Å². The van der Waals surface area contributed by atoms with Crippen LogP contribution in [-0.4, -0.2) is 48.0 Å². The van der Waals surface area contributed by atoms with Gasteiger partial charge in [0.2, 0.25) is 6.41 Å². The molecule has 2 amide bonds. The number of hydrogen-bond acceptors (Lipinski definition) is 4. The van der Waals surface area contributed by atoms with E-state index < -0.39 is 36.6 Å². The van der Waals surface area contributed by atoms with E-state index in [1.807, 2.05) is 0 Å². The van der Waals surface area contributed by atoms with Crippen LogP contribution in [0.4, 0.5) is 17.6 Å². The van der Waals surface area contributed by atoms with E-state index in [2.05, 4.69) is 15.7 Å². The van der Waals surface area contributed by atoms with Crippen molar-refractivity contribution < 1.29 is 31.9 Å². The van der Waals surface area contributed by atoms with Gasteiger partial charge in [-0.1, -0.05) is 17.7 Å². The number of carbonyl (C=O) groups excluding carboxylic acids is 2. The van der Waals surface area contributed by atoms with E-state index in [0.29, 0.717) is 16.7 Å². The first-order valence-corrected chi connectivity index (χ1v) is 8.56. The van der Waals surface area contributed by atoms with E-state index >= 15 is 0 Å². The largest absolute Gasteiger partial charge is 0.408 e. The summed E-state index contributed by atoms with van der Waals surface area (Å²) in [4.78, 5) is 23.0. The van der Waals surface area contributed by atoms with Crippen molar-refractivity contribution in [2.75, 3.05) is 13.7 Å². The van der Waals surface area contributed by atoms with Crippen LogP contribution in [0.25, 0.3) is 0 Å². The predicted molar refractivity (Wildman–Crippen MR) is 94.5 cm³/mol. The summed E-state index contributed by atoms with van der Waals surface area (Å²) in [6.45, 7) is -1.45. The lowest BCUT2D eigenvalue weighted by atomic mass is 10.0. The molecule has 2 rings (SSSR count). The Morgan fingerprint density at radius 1 is 1.38 bits per heavy atom. The second-order valence-electron chi connectivity index (χ2n) is 5.95. The molecule has 0 radical (unpaired) electrons. The maximum atomic E-state index is 13.5. The lowest BCUT2D eigenvalue weighted by Crippen LogP contribution is -2.43. The zero-order valence-corrected chi connectivity index (χ0v) is 15.8. The molecule has 0 fully saturated rings. The van der Waals surface area contributed by atoms with Crippen LogP contribution in [-0.2, 0) is 20.9 Å². The predicted octanol–water partition coefficient (Wildman–Crippen LogP) is 2.20. The van der Waals surface area contributed by atoms with Crippen molar-refractivity contribution >= 4 is 23.9 Å². The zero-order chi connectivity index (χ0) is 21.6. The Bertz CT molecular complexity index is 859. The fourth-order valence-electron chi connectivity index (χ4n) is 2.52. The van der Waals surface area contributed by atoms with Gasteiger partial charge in [0.15, 0.2) is 6.10 Å². The normalized spacial score (nSPS) is 13.6. The molecule has 0 bridgehead atoms. The number of benzene rings is 1. The lowest BCUT2D eigenvalue weighted by molar-refractivity contribution is -0.142. The zero-order valence-electron chi connectivity index (χ0n) is 15.0. The highest BCUT2D eigenvalue weighted by atomic mass is 35.5. The van der Waals surface area contributed by atoms with Gasteiger partial charge in [0.1, 0.15) is 12.4 Å². The van der Waals surface area contributed by atoms with Gasteiger partial charge in [0.25, 0.3) is 5.91 Å². The molecule has 0 aliphatic carbocycles. The molecule has 0 spiro atoms. The number of hydrogen-bond donors (Lipinski definition) is 2. The van der Waals surface area contributed by atoms with Crippen molar-refractivity contribution in [1.82, 2.24) is 20.4 Å². The van der Waals surface area contributed by atoms with Crippen molar-refractivity contribution in [1.29, 1.82) is 0 Å². The first-order chi connectivity index (χ1) is 13.6. The Hall–Kier alpha value is -2.66. The molecule has 2 N–H and O–H groups in total. The van der Waals surface area contributed by atoms with Gasteiger partial charge in [-0.25, -0.2) is 4.39 Å². The fraction of sp³-hybridized carbons (Fsp3) is 0.353. The highest BCUT2D eigenvalue weighted by Crippen LogP contribution is 2.27. The number of methoxy groups -OCH3 is 1. The molecule has 2 atom stereocenters. The fourth-order valence-corrected chi connectivity index (χ4v) is 2.71. The van der Waals surface area contributed by atoms with Gasteiger partial charge in [0, 0.05) is 18.9 Å². The Morgan fingerprint density at radius 2 is 2.10 bits per heavy atom. The highest BCUT2D eigenvalue weighted by Gasteiger charge is 2.30. The topological polar surface area (TPSA) is 85.2 Å². The van der Waals surface area contributed by atoms with Gasteiger partial charge in [0.05, 0.1) is 23.8 Å². The summed E-state index contributed by atoms with van der Waals surface area (Å²) < 4.78 is 57.0. The molecule has 0 saturated carbocycles. The van der Waals surface area contributed by atoms with Crippen molar-refractivity contribution in [3.05, 3.63) is 52.6 Å². The van der Waals surface area contributed by atoms with Gasteiger partial charge in [-0.05, 0) is 17.7 Å². The number of nitrogens with one attached hydrogen (secondary N) is 2. The molecule has 158 valence electrons.